The Hall–Kier alpha value is 0.726. The third kappa shape index (κ3) is 105. The predicted molar refractivity (Wildman–Crippen MR) is 63.7 cm³/mol. The van der Waals surface area contributed by atoms with Gasteiger partial charge in [-0.15, -0.1) is 0 Å². The molecule has 0 rings (SSSR count). The van der Waals surface area contributed by atoms with Crippen LogP contribution in [0.5, 0.6) is 0 Å². The van der Waals surface area contributed by atoms with Crippen molar-refractivity contribution in [3.8, 4) is 0 Å². The molecule has 0 aromatic carbocycles. The van der Waals surface area contributed by atoms with Crippen LogP contribution in [-0.2, 0) is 0 Å². The third-order valence-corrected chi connectivity index (χ3v) is 0.931. The molecule has 1 N–H and O–H groups in total. The van der Waals surface area contributed by atoms with Crippen LogP contribution < -0.4 is 0 Å². The summed E-state index contributed by atoms with van der Waals surface area (Å²) in [5.74, 6) is 0. The van der Waals surface area contributed by atoms with Gasteiger partial charge >= 0.3 is 23.1 Å². The number of hydrogen-bond donors (Lipinski definition) is 1. The quantitative estimate of drug-likeness (QED) is 0.545. The summed E-state index contributed by atoms with van der Waals surface area (Å²) >= 11 is 0. The molecule has 0 spiro atoms. The van der Waals surface area contributed by atoms with Gasteiger partial charge in [-0.2, -0.15) is 12.8 Å². The fourth-order valence-electron chi connectivity index (χ4n) is 0. The van der Waals surface area contributed by atoms with Gasteiger partial charge in [0, 0.05) is 6.61 Å². The van der Waals surface area contributed by atoms with Gasteiger partial charge in [0.25, 0.3) is 0 Å². The van der Waals surface area contributed by atoms with E-state index in [0.717, 1.165) is 19.3 Å². The minimum absolute atomic E-state index is 0. The molecule has 0 atom stereocenters. The van der Waals surface area contributed by atoms with Crippen molar-refractivity contribution in [3.63, 3.8) is 0 Å². The first-order chi connectivity index (χ1) is 5.74. The van der Waals surface area contributed by atoms with Crippen LogP contribution in [0.1, 0.15) is 52.9 Å². The zero-order valence-electron chi connectivity index (χ0n) is 9.81. The number of unbranched alkanes of at least 4 members (excludes halogenated alkanes) is 2. The molecular formula is C11H26MgO. The van der Waals surface area contributed by atoms with Crippen LogP contribution >= 0.6 is 0 Å². The summed E-state index contributed by atoms with van der Waals surface area (Å²) in [5.41, 5.74) is 0. The van der Waals surface area contributed by atoms with Gasteiger partial charge in [-0.1, -0.05) is 33.6 Å². The van der Waals surface area contributed by atoms with E-state index in [2.05, 4.69) is 27.7 Å². The normalized spacial score (nSPS) is 6.92. The Morgan fingerprint density at radius 3 is 1.00 bits per heavy atom. The molecule has 0 aromatic rings. The zero-order valence-corrected chi connectivity index (χ0v) is 11.2. The van der Waals surface area contributed by atoms with E-state index in [1.807, 2.05) is 6.92 Å². The Balaban J connectivity index is -0.0000000450. The molecule has 0 aliphatic heterocycles. The molecule has 0 radical (unpaired) electrons. The predicted octanol–water partition coefficient (Wildman–Crippen LogP) is 3.25. The fraction of sp³-hybridized carbons (Fsp3) is 0.818. The molecule has 0 amide bonds. The Bertz CT molecular complexity index is 25.6. The molecule has 0 aliphatic carbocycles. The molecule has 0 aliphatic rings. The van der Waals surface area contributed by atoms with Gasteiger partial charge in [-0.3, -0.25) is 0 Å². The van der Waals surface area contributed by atoms with Crippen LogP contribution in [0.2, 0.25) is 0 Å². The van der Waals surface area contributed by atoms with Gasteiger partial charge in [0.2, 0.25) is 0 Å². The number of aliphatic hydroxyl groups excluding tert-OH is 1. The molecule has 0 fully saturated rings. The maximum Gasteiger partial charge on any atom is 2.00 e. The standard InChI is InChI=1S/2C4H9.C3H8O.Mg/c2*1-3-4-2;1-2-3-4;/h2*1,3-4H2,2H3;4H,2-3H2,1H3;/q2*-1;;+2. The summed E-state index contributed by atoms with van der Waals surface area (Å²) in [6, 6.07) is 0. The summed E-state index contributed by atoms with van der Waals surface area (Å²) in [6.07, 6.45) is 5.43. The van der Waals surface area contributed by atoms with E-state index in [0.29, 0.717) is 6.61 Å². The third-order valence-electron chi connectivity index (χ3n) is 0.931. The molecule has 0 bridgehead atoms. The van der Waals surface area contributed by atoms with Gasteiger partial charge in [-0.25, -0.2) is 0 Å². The van der Waals surface area contributed by atoms with E-state index >= 15 is 0 Å². The second-order valence-electron chi connectivity index (χ2n) is 2.43. The monoisotopic (exact) mass is 198 g/mol. The molecule has 0 heterocycles. The van der Waals surface area contributed by atoms with E-state index < -0.39 is 0 Å². The molecule has 78 valence electrons. The SMILES string of the molecule is CCCO.[CH2-]CCC.[CH2-]CCC.[Mg+2]. The Morgan fingerprint density at radius 2 is 1.00 bits per heavy atom. The molecular weight excluding hydrogens is 172 g/mol. The number of aliphatic hydroxyl groups is 1. The first kappa shape index (κ1) is 23.5. The van der Waals surface area contributed by atoms with Crippen LogP contribution in [0.25, 0.3) is 0 Å². The Morgan fingerprint density at radius 1 is 0.846 bits per heavy atom. The molecule has 13 heavy (non-hydrogen) atoms. The van der Waals surface area contributed by atoms with E-state index in [9.17, 15) is 0 Å². The van der Waals surface area contributed by atoms with Crippen molar-refractivity contribution < 1.29 is 5.11 Å². The summed E-state index contributed by atoms with van der Waals surface area (Å²) < 4.78 is 0. The number of hydrogen-bond acceptors (Lipinski definition) is 1. The molecule has 1 nitrogen and oxygen atoms in total. The van der Waals surface area contributed by atoms with Crippen LogP contribution in [0.4, 0.5) is 0 Å². The van der Waals surface area contributed by atoms with Gasteiger partial charge in [0.05, 0.1) is 0 Å². The zero-order chi connectivity index (χ0) is 10.2. The molecule has 0 saturated heterocycles. The van der Waals surface area contributed by atoms with E-state index in [-0.39, 0.29) is 23.1 Å². The van der Waals surface area contributed by atoms with Crippen molar-refractivity contribution in [3.05, 3.63) is 13.8 Å². The molecule has 0 unspecified atom stereocenters. The minimum Gasteiger partial charge on any atom is -0.396 e. The van der Waals surface area contributed by atoms with Crippen molar-refractivity contribution in [2.45, 2.75) is 52.9 Å². The fourth-order valence-corrected chi connectivity index (χ4v) is 0. The topological polar surface area (TPSA) is 20.2 Å². The van der Waals surface area contributed by atoms with E-state index in [1.165, 1.54) is 12.8 Å². The second kappa shape index (κ2) is 38.7. The van der Waals surface area contributed by atoms with Crippen LogP contribution in [0, 0.1) is 13.8 Å². The Kier molecular flexibility index (Phi) is 69.9. The summed E-state index contributed by atoms with van der Waals surface area (Å²) in [7, 11) is 0. The van der Waals surface area contributed by atoms with Crippen molar-refractivity contribution in [2.75, 3.05) is 6.61 Å². The Labute approximate surface area is 101 Å². The van der Waals surface area contributed by atoms with E-state index in [1.54, 1.807) is 0 Å². The van der Waals surface area contributed by atoms with Crippen LogP contribution in [-0.4, -0.2) is 34.8 Å². The average Bonchev–Trinajstić information content (AvgIpc) is 2.18. The maximum absolute atomic E-state index is 7.88. The van der Waals surface area contributed by atoms with Crippen molar-refractivity contribution in [1.82, 2.24) is 0 Å². The van der Waals surface area contributed by atoms with E-state index in [4.69, 9.17) is 5.11 Å². The molecule has 0 aromatic heterocycles. The first-order valence-electron chi connectivity index (χ1n) is 4.94. The molecule has 0 saturated carbocycles. The minimum atomic E-state index is 0. The van der Waals surface area contributed by atoms with Crippen LogP contribution in [0.15, 0.2) is 0 Å². The van der Waals surface area contributed by atoms with Gasteiger partial charge in [0.1, 0.15) is 0 Å². The van der Waals surface area contributed by atoms with Crippen molar-refractivity contribution in [1.29, 1.82) is 0 Å². The maximum atomic E-state index is 7.88. The average molecular weight is 199 g/mol. The molecule has 2 heteroatoms. The second-order valence-corrected chi connectivity index (χ2v) is 2.43. The smallest absolute Gasteiger partial charge is 0.396 e. The number of rotatable bonds is 3. The summed E-state index contributed by atoms with van der Waals surface area (Å²) in [6.45, 7) is 13.7. The summed E-state index contributed by atoms with van der Waals surface area (Å²) in [4.78, 5) is 0. The van der Waals surface area contributed by atoms with Crippen molar-refractivity contribution >= 4 is 23.1 Å². The van der Waals surface area contributed by atoms with Crippen molar-refractivity contribution in [2.24, 2.45) is 0 Å². The summed E-state index contributed by atoms with van der Waals surface area (Å²) in [5, 5.41) is 7.88. The van der Waals surface area contributed by atoms with Crippen LogP contribution in [0.3, 0.4) is 0 Å². The largest absolute Gasteiger partial charge is 2.00 e. The van der Waals surface area contributed by atoms with Gasteiger partial charge in [0.15, 0.2) is 0 Å². The first-order valence-corrected chi connectivity index (χ1v) is 4.94. The van der Waals surface area contributed by atoms with Gasteiger partial charge in [-0.05, 0) is 6.42 Å². The van der Waals surface area contributed by atoms with Gasteiger partial charge < -0.3 is 19.0 Å².